The number of ether oxygens (including phenoxy) is 1. The van der Waals surface area contributed by atoms with Gasteiger partial charge in [-0.15, -0.1) is 0 Å². The van der Waals surface area contributed by atoms with Gasteiger partial charge in [0.25, 0.3) is 5.91 Å². The number of rotatable bonds is 5. The molecule has 0 heterocycles. The van der Waals surface area contributed by atoms with Crippen LogP contribution in [0.25, 0.3) is 0 Å². The molecule has 0 saturated carbocycles. The summed E-state index contributed by atoms with van der Waals surface area (Å²) in [6.07, 6.45) is 0.927. The lowest BCUT2D eigenvalue weighted by Crippen LogP contribution is -2.13. The smallest absolute Gasteiger partial charge is 0.255 e. The summed E-state index contributed by atoms with van der Waals surface area (Å²) in [7, 11) is 0. The lowest BCUT2D eigenvalue weighted by Gasteiger charge is -2.10. The molecule has 0 atom stereocenters. The van der Waals surface area contributed by atoms with Crippen LogP contribution in [0, 0.1) is 6.92 Å². The molecule has 2 aromatic carbocycles. The van der Waals surface area contributed by atoms with Crippen LogP contribution >= 0.6 is 0 Å². The highest BCUT2D eigenvalue weighted by Crippen LogP contribution is 2.21. The number of benzene rings is 2. The third-order valence-electron chi connectivity index (χ3n) is 3.03. The molecule has 0 unspecified atom stereocenters. The molecule has 0 saturated heterocycles. The molecular weight excluding hydrogens is 264 g/mol. The minimum atomic E-state index is -0.200. The van der Waals surface area contributed by atoms with Gasteiger partial charge in [-0.3, -0.25) is 4.79 Å². The second-order valence-electron chi connectivity index (χ2n) is 4.92. The molecular formula is C17H20N2O2. The first-order chi connectivity index (χ1) is 10.1. The number of carbonyl (C=O) groups excluding carboxylic acids is 1. The Labute approximate surface area is 124 Å². The van der Waals surface area contributed by atoms with E-state index in [0.717, 1.165) is 12.0 Å². The van der Waals surface area contributed by atoms with Crippen LogP contribution in [0.15, 0.2) is 42.5 Å². The fraction of sp³-hybridized carbons (Fsp3) is 0.235. The van der Waals surface area contributed by atoms with Gasteiger partial charge in [0.15, 0.2) is 0 Å². The molecule has 1 amide bonds. The Balaban J connectivity index is 2.14. The minimum absolute atomic E-state index is 0.200. The molecule has 110 valence electrons. The number of nitrogens with one attached hydrogen (secondary N) is 1. The normalized spacial score (nSPS) is 10.2. The number of nitrogens with two attached hydrogens (primary N) is 1. The SMILES string of the molecule is CCCOc1cccc(C(=O)Nc2cc(C)ccc2N)c1. The van der Waals surface area contributed by atoms with Gasteiger partial charge < -0.3 is 15.8 Å². The van der Waals surface area contributed by atoms with E-state index in [0.29, 0.717) is 29.3 Å². The van der Waals surface area contributed by atoms with Gasteiger partial charge >= 0.3 is 0 Å². The number of carbonyl (C=O) groups is 1. The van der Waals surface area contributed by atoms with E-state index in [1.54, 1.807) is 24.3 Å². The Hall–Kier alpha value is -2.49. The summed E-state index contributed by atoms with van der Waals surface area (Å²) in [5.74, 6) is 0.496. The van der Waals surface area contributed by atoms with Crippen molar-refractivity contribution in [3.63, 3.8) is 0 Å². The van der Waals surface area contributed by atoms with E-state index in [2.05, 4.69) is 5.32 Å². The number of hydrogen-bond acceptors (Lipinski definition) is 3. The van der Waals surface area contributed by atoms with Gasteiger partial charge in [-0.1, -0.05) is 19.1 Å². The van der Waals surface area contributed by atoms with Crippen molar-refractivity contribution in [2.24, 2.45) is 0 Å². The second kappa shape index (κ2) is 6.79. The molecule has 0 spiro atoms. The van der Waals surface area contributed by atoms with Gasteiger partial charge in [-0.2, -0.15) is 0 Å². The van der Waals surface area contributed by atoms with Crippen LogP contribution in [-0.4, -0.2) is 12.5 Å². The molecule has 3 N–H and O–H groups in total. The van der Waals surface area contributed by atoms with Crippen molar-refractivity contribution in [2.45, 2.75) is 20.3 Å². The Kier molecular flexibility index (Phi) is 4.82. The molecule has 2 rings (SSSR count). The van der Waals surface area contributed by atoms with Gasteiger partial charge in [0.1, 0.15) is 5.75 Å². The van der Waals surface area contributed by atoms with E-state index in [1.807, 2.05) is 32.0 Å². The van der Waals surface area contributed by atoms with Crippen molar-refractivity contribution in [2.75, 3.05) is 17.7 Å². The van der Waals surface area contributed by atoms with Crippen LogP contribution in [0.1, 0.15) is 29.3 Å². The predicted molar refractivity (Wildman–Crippen MR) is 85.8 cm³/mol. The van der Waals surface area contributed by atoms with Crippen molar-refractivity contribution in [1.29, 1.82) is 0 Å². The third-order valence-corrected chi connectivity index (χ3v) is 3.03. The summed E-state index contributed by atoms with van der Waals surface area (Å²) in [4.78, 5) is 12.3. The van der Waals surface area contributed by atoms with E-state index < -0.39 is 0 Å². The predicted octanol–water partition coefficient (Wildman–Crippen LogP) is 3.62. The van der Waals surface area contributed by atoms with Crippen molar-refractivity contribution < 1.29 is 9.53 Å². The summed E-state index contributed by atoms with van der Waals surface area (Å²) < 4.78 is 5.53. The number of aryl methyl sites for hydroxylation is 1. The molecule has 0 aliphatic carbocycles. The maximum Gasteiger partial charge on any atom is 0.255 e. The number of anilines is 2. The summed E-state index contributed by atoms with van der Waals surface area (Å²) in [5, 5.41) is 2.83. The molecule has 4 heteroatoms. The molecule has 0 aromatic heterocycles. The minimum Gasteiger partial charge on any atom is -0.494 e. The average molecular weight is 284 g/mol. The Morgan fingerprint density at radius 1 is 1.24 bits per heavy atom. The number of amides is 1. The van der Waals surface area contributed by atoms with Crippen LogP contribution < -0.4 is 15.8 Å². The first kappa shape index (κ1) is 14.9. The molecule has 0 radical (unpaired) electrons. The van der Waals surface area contributed by atoms with E-state index in [4.69, 9.17) is 10.5 Å². The van der Waals surface area contributed by atoms with E-state index in [9.17, 15) is 4.79 Å². The van der Waals surface area contributed by atoms with Crippen molar-refractivity contribution in [3.05, 3.63) is 53.6 Å². The lowest BCUT2D eigenvalue weighted by atomic mass is 10.1. The van der Waals surface area contributed by atoms with Crippen molar-refractivity contribution >= 4 is 17.3 Å². The average Bonchev–Trinajstić information content (AvgIpc) is 2.49. The topological polar surface area (TPSA) is 64.3 Å². The molecule has 0 aliphatic rings. The highest BCUT2D eigenvalue weighted by molar-refractivity contribution is 6.06. The quantitative estimate of drug-likeness (QED) is 0.824. The maximum atomic E-state index is 12.3. The summed E-state index contributed by atoms with van der Waals surface area (Å²) in [6.45, 7) is 4.63. The molecule has 0 bridgehead atoms. The van der Waals surface area contributed by atoms with Crippen LogP contribution in [0.2, 0.25) is 0 Å². The van der Waals surface area contributed by atoms with Crippen LogP contribution in [0.3, 0.4) is 0 Å². The Morgan fingerprint density at radius 2 is 2.05 bits per heavy atom. The lowest BCUT2D eigenvalue weighted by molar-refractivity contribution is 0.102. The largest absolute Gasteiger partial charge is 0.494 e. The Morgan fingerprint density at radius 3 is 2.81 bits per heavy atom. The monoisotopic (exact) mass is 284 g/mol. The van der Waals surface area contributed by atoms with Crippen LogP contribution in [0.4, 0.5) is 11.4 Å². The van der Waals surface area contributed by atoms with Gasteiger partial charge in [0, 0.05) is 5.56 Å². The number of nitrogen functional groups attached to an aromatic ring is 1. The summed E-state index contributed by atoms with van der Waals surface area (Å²) >= 11 is 0. The van der Waals surface area contributed by atoms with Gasteiger partial charge in [0.2, 0.25) is 0 Å². The fourth-order valence-electron chi connectivity index (χ4n) is 1.92. The second-order valence-corrected chi connectivity index (χ2v) is 4.92. The van der Waals surface area contributed by atoms with E-state index >= 15 is 0 Å². The molecule has 0 aliphatic heterocycles. The summed E-state index contributed by atoms with van der Waals surface area (Å²) in [6, 6.07) is 12.7. The summed E-state index contributed by atoms with van der Waals surface area (Å²) in [5.41, 5.74) is 8.63. The highest BCUT2D eigenvalue weighted by atomic mass is 16.5. The standard InChI is InChI=1S/C17H20N2O2/c1-3-9-21-14-6-4-5-13(11-14)17(20)19-16-10-12(2)7-8-15(16)18/h4-8,10-11H,3,9,18H2,1-2H3,(H,19,20). The third kappa shape index (κ3) is 3.99. The molecule has 2 aromatic rings. The van der Waals surface area contributed by atoms with Crippen molar-refractivity contribution in [3.8, 4) is 5.75 Å². The Bertz CT molecular complexity index is 638. The van der Waals surface area contributed by atoms with E-state index in [-0.39, 0.29) is 5.91 Å². The molecule has 4 nitrogen and oxygen atoms in total. The molecule has 21 heavy (non-hydrogen) atoms. The zero-order valence-corrected chi connectivity index (χ0v) is 12.3. The van der Waals surface area contributed by atoms with Crippen LogP contribution in [0.5, 0.6) is 5.75 Å². The van der Waals surface area contributed by atoms with E-state index in [1.165, 1.54) is 0 Å². The first-order valence-corrected chi connectivity index (χ1v) is 7.00. The zero-order valence-electron chi connectivity index (χ0n) is 12.3. The van der Waals surface area contributed by atoms with Gasteiger partial charge in [0.05, 0.1) is 18.0 Å². The van der Waals surface area contributed by atoms with Gasteiger partial charge in [-0.25, -0.2) is 0 Å². The van der Waals surface area contributed by atoms with Crippen molar-refractivity contribution in [1.82, 2.24) is 0 Å². The maximum absolute atomic E-state index is 12.3. The highest BCUT2D eigenvalue weighted by Gasteiger charge is 2.09. The zero-order chi connectivity index (χ0) is 15.2. The fourth-order valence-corrected chi connectivity index (χ4v) is 1.92. The number of hydrogen-bond donors (Lipinski definition) is 2. The molecule has 0 fully saturated rings. The first-order valence-electron chi connectivity index (χ1n) is 7.00. The van der Waals surface area contributed by atoms with Crippen LogP contribution in [-0.2, 0) is 0 Å². The van der Waals surface area contributed by atoms with Gasteiger partial charge in [-0.05, 0) is 49.2 Å².